The minimum atomic E-state index is -1.01. The van der Waals surface area contributed by atoms with Crippen molar-refractivity contribution < 1.29 is 9.90 Å². The zero-order valence-corrected chi connectivity index (χ0v) is 8.66. The molecule has 0 radical (unpaired) electrons. The van der Waals surface area contributed by atoms with Gasteiger partial charge in [0.25, 0.3) is 0 Å². The first kappa shape index (κ1) is 10.9. The van der Waals surface area contributed by atoms with Crippen LogP contribution in [-0.2, 0) is 6.54 Å². The zero-order valence-electron chi connectivity index (χ0n) is 7.77. The lowest BCUT2D eigenvalue weighted by molar-refractivity contribution is 0.0698. The first-order chi connectivity index (χ1) is 6.50. The number of anilines is 1. The van der Waals surface area contributed by atoms with Gasteiger partial charge >= 0.3 is 5.97 Å². The lowest BCUT2D eigenvalue weighted by Crippen LogP contribution is -2.07. The summed E-state index contributed by atoms with van der Waals surface area (Å²) in [7, 11) is 1.79. The molecule has 0 saturated carbocycles. The molecule has 0 heterocycles. The molecule has 3 N–H and O–H groups in total. The standard InChI is InChI=1S/C9H12N2O2S/c1-11(14)5-6-2-3-8(10)7(4-6)9(12)13/h2-4,14H,5,10H2,1H3,(H,12,13). The molecule has 0 fully saturated rings. The van der Waals surface area contributed by atoms with E-state index in [1.807, 2.05) is 0 Å². The third-order valence-electron chi connectivity index (χ3n) is 1.76. The number of aromatic carboxylic acids is 1. The van der Waals surface area contributed by atoms with Crippen LogP contribution in [0.4, 0.5) is 5.69 Å². The maximum atomic E-state index is 10.7. The fourth-order valence-electron chi connectivity index (χ4n) is 1.15. The minimum Gasteiger partial charge on any atom is -0.478 e. The second-order valence-corrected chi connectivity index (χ2v) is 3.73. The third kappa shape index (κ3) is 2.65. The van der Waals surface area contributed by atoms with Gasteiger partial charge in [0.1, 0.15) is 0 Å². The Hall–Kier alpha value is -1.20. The molecule has 1 aromatic rings. The van der Waals surface area contributed by atoms with Crippen LogP contribution in [0.25, 0.3) is 0 Å². The fraction of sp³-hybridized carbons (Fsp3) is 0.222. The Morgan fingerprint density at radius 2 is 2.29 bits per heavy atom. The lowest BCUT2D eigenvalue weighted by atomic mass is 10.1. The lowest BCUT2D eigenvalue weighted by Gasteiger charge is -2.09. The molecule has 1 aromatic carbocycles. The van der Waals surface area contributed by atoms with Crippen LogP contribution in [0.15, 0.2) is 18.2 Å². The SMILES string of the molecule is CN(S)Cc1ccc(N)c(C(=O)O)c1. The Kier molecular flexibility index (Phi) is 3.38. The Bertz CT molecular complexity index is 353. The zero-order chi connectivity index (χ0) is 10.7. The summed E-state index contributed by atoms with van der Waals surface area (Å²) in [5.74, 6) is -1.01. The van der Waals surface area contributed by atoms with Crippen LogP contribution in [0.5, 0.6) is 0 Å². The van der Waals surface area contributed by atoms with Crippen LogP contribution in [0.1, 0.15) is 15.9 Å². The third-order valence-corrected chi connectivity index (χ3v) is 1.90. The number of nitrogen functional groups attached to an aromatic ring is 1. The Morgan fingerprint density at radius 3 is 2.79 bits per heavy atom. The van der Waals surface area contributed by atoms with E-state index in [4.69, 9.17) is 10.8 Å². The highest BCUT2D eigenvalue weighted by Gasteiger charge is 2.08. The van der Waals surface area contributed by atoms with Crippen molar-refractivity contribution in [2.45, 2.75) is 6.54 Å². The van der Waals surface area contributed by atoms with Gasteiger partial charge in [-0.05, 0) is 24.7 Å². The number of nitrogens with two attached hydrogens (primary N) is 1. The smallest absolute Gasteiger partial charge is 0.337 e. The molecule has 5 heteroatoms. The number of carboxylic acids is 1. The molecule has 0 bridgehead atoms. The highest BCUT2D eigenvalue weighted by molar-refractivity contribution is 7.77. The fourth-order valence-corrected chi connectivity index (χ4v) is 1.31. The molecule has 0 unspecified atom stereocenters. The Balaban J connectivity index is 3.00. The van der Waals surface area contributed by atoms with Crippen LogP contribution < -0.4 is 5.73 Å². The first-order valence-electron chi connectivity index (χ1n) is 4.02. The summed E-state index contributed by atoms with van der Waals surface area (Å²) in [4.78, 5) is 10.7. The van der Waals surface area contributed by atoms with Crippen LogP contribution in [0.3, 0.4) is 0 Å². The maximum Gasteiger partial charge on any atom is 0.337 e. The average molecular weight is 212 g/mol. The molecule has 1 rings (SSSR count). The van der Waals surface area contributed by atoms with Crippen LogP contribution in [0, 0.1) is 0 Å². The number of benzene rings is 1. The van der Waals surface area contributed by atoms with E-state index in [1.165, 1.54) is 0 Å². The van der Waals surface area contributed by atoms with E-state index >= 15 is 0 Å². The highest BCUT2D eigenvalue weighted by Crippen LogP contribution is 2.15. The predicted octanol–water partition coefficient (Wildman–Crippen LogP) is 1.24. The van der Waals surface area contributed by atoms with Gasteiger partial charge in [-0.25, -0.2) is 4.79 Å². The van der Waals surface area contributed by atoms with Crippen molar-refractivity contribution >= 4 is 24.5 Å². The van der Waals surface area contributed by atoms with Gasteiger partial charge in [0.05, 0.1) is 5.56 Å². The molecular weight excluding hydrogens is 200 g/mol. The van der Waals surface area contributed by atoms with Gasteiger partial charge in [-0.15, -0.1) is 0 Å². The van der Waals surface area contributed by atoms with Gasteiger partial charge in [0.15, 0.2) is 0 Å². The van der Waals surface area contributed by atoms with Crippen LogP contribution >= 0.6 is 12.8 Å². The molecule has 0 saturated heterocycles. The van der Waals surface area contributed by atoms with E-state index in [1.54, 1.807) is 29.6 Å². The molecule has 0 atom stereocenters. The predicted molar refractivity (Wildman–Crippen MR) is 58.3 cm³/mol. The number of nitrogens with zero attached hydrogens (tertiary/aromatic N) is 1. The summed E-state index contributed by atoms with van der Waals surface area (Å²) >= 11 is 4.08. The monoisotopic (exact) mass is 212 g/mol. The Labute approximate surface area is 87.9 Å². The molecule has 0 spiro atoms. The number of hydrogen-bond acceptors (Lipinski definition) is 4. The maximum absolute atomic E-state index is 10.7. The van der Waals surface area contributed by atoms with Gasteiger partial charge in [-0.1, -0.05) is 18.9 Å². The second-order valence-electron chi connectivity index (χ2n) is 3.04. The quantitative estimate of drug-likeness (QED) is 0.521. The number of thiol groups is 1. The first-order valence-corrected chi connectivity index (χ1v) is 4.42. The Morgan fingerprint density at radius 1 is 1.64 bits per heavy atom. The molecule has 0 aliphatic rings. The second kappa shape index (κ2) is 4.34. The summed E-state index contributed by atoms with van der Waals surface area (Å²) in [6.45, 7) is 0.573. The average Bonchev–Trinajstić information content (AvgIpc) is 2.07. The summed E-state index contributed by atoms with van der Waals surface area (Å²) < 4.78 is 1.66. The summed E-state index contributed by atoms with van der Waals surface area (Å²) in [5.41, 5.74) is 6.79. The summed E-state index contributed by atoms with van der Waals surface area (Å²) in [5, 5.41) is 8.81. The topological polar surface area (TPSA) is 66.6 Å². The summed E-state index contributed by atoms with van der Waals surface area (Å²) in [6, 6.07) is 4.94. The molecule has 0 aromatic heterocycles. The number of carboxylic acid groups (broad SMARTS) is 1. The molecule has 4 nitrogen and oxygen atoms in total. The van der Waals surface area contributed by atoms with Crippen molar-refractivity contribution in [2.75, 3.05) is 12.8 Å². The molecule has 14 heavy (non-hydrogen) atoms. The number of rotatable bonds is 3. The molecule has 0 aliphatic carbocycles. The number of hydrogen-bond donors (Lipinski definition) is 3. The van der Waals surface area contributed by atoms with E-state index < -0.39 is 5.97 Å². The van der Waals surface area contributed by atoms with Gasteiger partial charge in [-0.3, -0.25) is 4.31 Å². The van der Waals surface area contributed by atoms with E-state index in [0.717, 1.165) is 5.56 Å². The molecule has 0 aliphatic heterocycles. The van der Waals surface area contributed by atoms with Crippen LogP contribution in [-0.4, -0.2) is 22.4 Å². The van der Waals surface area contributed by atoms with Gasteiger partial charge in [0, 0.05) is 12.2 Å². The molecule has 76 valence electrons. The van der Waals surface area contributed by atoms with Gasteiger partial charge in [-0.2, -0.15) is 0 Å². The largest absolute Gasteiger partial charge is 0.478 e. The van der Waals surface area contributed by atoms with Gasteiger partial charge in [0.2, 0.25) is 0 Å². The van der Waals surface area contributed by atoms with Crippen molar-refractivity contribution in [3.05, 3.63) is 29.3 Å². The van der Waals surface area contributed by atoms with Crippen LogP contribution in [0.2, 0.25) is 0 Å². The van der Waals surface area contributed by atoms with Crippen molar-refractivity contribution in [3.8, 4) is 0 Å². The molecule has 0 amide bonds. The number of carbonyl (C=O) groups is 1. The minimum absolute atomic E-state index is 0.137. The van der Waals surface area contributed by atoms with Crippen molar-refractivity contribution in [1.29, 1.82) is 0 Å². The highest BCUT2D eigenvalue weighted by atomic mass is 32.1. The molecular formula is C9H12N2O2S. The normalized spacial score (nSPS) is 10.5. The van der Waals surface area contributed by atoms with Gasteiger partial charge < -0.3 is 10.8 Å². The van der Waals surface area contributed by atoms with E-state index in [9.17, 15) is 4.79 Å². The van der Waals surface area contributed by atoms with E-state index in [0.29, 0.717) is 6.54 Å². The van der Waals surface area contributed by atoms with Crippen molar-refractivity contribution in [3.63, 3.8) is 0 Å². The van der Waals surface area contributed by atoms with E-state index in [2.05, 4.69) is 12.8 Å². The van der Waals surface area contributed by atoms with E-state index in [-0.39, 0.29) is 11.3 Å². The summed E-state index contributed by atoms with van der Waals surface area (Å²) in [6.07, 6.45) is 0. The van der Waals surface area contributed by atoms with Crippen molar-refractivity contribution in [2.24, 2.45) is 0 Å². The van der Waals surface area contributed by atoms with Crippen molar-refractivity contribution in [1.82, 2.24) is 4.31 Å².